The molecule has 2 aliphatic heterocycles. The lowest BCUT2D eigenvalue weighted by Gasteiger charge is -2.32. The third-order valence-corrected chi connectivity index (χ3v) is 4.23. The first-order valence-corrected chi connectivity index (χ1v) is 7.89. The van der Waals surface area contributed by atoms with Gasteiger partial charge >= 0.3 is 0 Å². The first-order chi connectivity index (χ1) is 10.7. The minimum absolute atomic E-state index is 0.123. The quantitative estimate of drug-likeness (QED) is 0.865. The third-order valence-electron chi connectivity index (χ3n) is 4.23. The van der Waals surface area contributed by atoms with Gasteiger partial charge in [0.25, 0.3) is 0 Å². The van der Waals surface area contributed by atoms with Crippen molar-refractivity contribution in [1.29, 1.82) is 0 Å². The number of anilines is 2. The lowest BCUT2D eigenvalue weighted by Crippen LogP contribution is -2.48. The van der Waals surface area contributed by atoms with Crippen molar-refractivity contribution < 1.29 is 9.53 Å². The second-order valence-electron chi connectivity index (χ2n) is 5.85. The Morgan fingerprint density at radius 3 is 3.09 bits per heavy atom. The molecule has 0 saturated carbocycles. The average Bonchev–Trinajstić information content (AvgIpc) is 3.04. The van der Waals surface area contributed by atoms with Crippen LogP contribution in [-0.4, -0.2) is 66.7 Å². The van der Waals surface area contributed by atoms with Crippen molar-refractivity contribution >= 4 is 17.5 Å². The van der Waals surface area contributed by atoms with E-state index in [0.717, 1.165) is 50.7 Å². The van der Waals surface area contributed by atoms with E-state index in [0.29, 0.717) is 12.6 Å². The highest BCUT2D eigenvalue weighted by Crippen LogP contribution is 2.18. The normalized spacial score (nSPS) is 22.2. The molecule has 1 unspecified atom stereocenters. The predicted molar refractivity (Wildman–Crippen MR) is 84.0 cm³/mol. The number of rotatable bonds is 5. The summed E-state index contributed by atoms with van der Waals surface area (Å²) >= 11 is 0. The average molecular weight is 305 g/mol. The van der Waals surface area contributed by atoms with Gasteiger partial charge in [0, 0.05) is 39.4 Å². The van der Waals surface area contributed by atoms with E-state index in [-0.39, 0.29) is 5.91 Å². The van der Waals surface area contributed by atoms with E-state index < -0.39 is 0 Å². The molecule has 0 bridgehead atoms. The number of piperazine rings is 1. The first kappa shape index (κ1) is 15.0. The Balaban J connectivity index is 1.54. The highest BCUT2D eigenvalue weighted by Gasteiger charge is 2.22. The molecule has 0 spiro atoms. The smallest absolute Gasteiger partial charge is 0.241 e. The van der Waals surface area contributed by atoms with E-state index in [1.165, 1.54) is 6.42 Å². The Bertz CT molecular complexity index is 518. The van der Waals surface area contributed by atoms with Crippen molar-refractivity contribution in [1.82, 2.24) is 14.9 Å². The predicted octanol–water partition coefficient (Wildman–Crippen LogP) is 0.736. The van der Waals surface area contributed by atoms with Crippen LogP contribution in [-0.2, 0) is 9.53 Å². The summed E-state index contributed by atoms with van der Waals surface area (Å²) in [5.41, 5.74) is 0. The van der Waals surface area contributed by atoms with Gasteiger partial charge in [-0.1, -0.05) is 0 Å². The zero-order valence-corrected chi connectivity index (χ0v) is 13.0. The molecular weight excluding hydrogens is 282 g/mol. The maximum Gasteiger partial charge on any atom is 0.241 e. The van der Waals surface area contributed by atoms with Gasteiger partial charge in [-0.05, 0) is 19.3 Å². The van der Waals surface area contributed by atoms with Gasteiger partial charge in [0.1, 0.15) is 18.0 Å². The summed E-state index contributed by atoms with van der Waals surface area (Å²) in [4.78, 5) is 24.1. The van der Waals surface area contributed by atoms with Crippen LogP contribution in [0.1, 0.15) is 19.3 Å². The van der Waals surface area contributed by atoms with Crippen molar-refractivity contribution in [3.63, 3.8) is 0 Å². The number of hydrogen-bond acceptors (Lipinski definition) is 6. The molecule has 1 aromatic heterocycles. The zero-order valence-electron chi connectivity index (χ0n) is 13.0. The molecule has 1 aromatic rings. The topological polar surface area (TPSA) is 70.6 Å². The molecule has 0 aliphatic carbocycles. The van der Waals surface area contributed by atoms with Crippen molar-refractivity contribution in [3.05, 3.63) is 12.4 Å². The van der Waals surface area contributed by atoms with Crippen LogP contribution in [0.2, 0.25) is 0 Å². The molecule has 0 aromatic carbocycles. The van der Waals surface area contributed by atoms with Crippen LogP contribution in [0.3, 0.4) is 0 Å². The van der Waals surface area contributed by atoms with Gasteiger partial charge in [-0.15, -0.1) is 0 Å². The lowest BCUT2D eigenvalue weighted by molar-refractivity contribution is -0.129. The maximum absolute atomic E-state index is 11.8. The maximum atomic E-state index is 11.8. The van der Waals surface area contributed by atoms with Crippen LogP contribution >= 0.6 is 0 Å². The molecule has 7 heteroatoms. The number of nitrogens with zero attached hydrogens (tertiary/aromatic N) is 4. The summed E-state index contributed by atoms with van der Waals surface area (Å²) in [5.74, 6) is 1.73. The van der Waals surface area contributed by atoms with Crippen LogP contribution in [0.15, 0.2) is 12.4 Å². The van der Waals surface area contributed by atoms with E-state index in [2.05, 4.69) is 15.3 Å². The van der Waals surface area contributed by atoms with Crippen LogP contribution < -0.4 is 10.2 Å². The summed E-state index contributed by atoms with van der Waals surface area (Å²) in [6.45, 7) is 3.63. The van der Waals surface area contributed by atoms with Crippen LogP contribution in [0.4, 0.5) is 11.6 Å². The van der Waals surface area contributed by atoms with Crippen molar-refractivity contribution in [2.24, 2.45) is 0 Å². The Hall–Kier alpha value is -1.89. The van der Waals surface area contributed by atoms with Crippen molar-refractivity contribution in [2.45, 2.75) is 25.4 Å². The fraction of sp³-hybridized carbons (Fsp3) is 0.667. The minimum atomic E-state index is 0.123. The van der Waals surface area contributed by atoms with E-state index in [1.54, 1.807) is 11.2 Å². The van der Waals surface area contributed by atoms with Gasteiger partial charge < -0.3 is 19.9 Å². The Labute approximate surface area is 130 Å². The largest absolute Gasteiger partial charge is 0.378 e. The number of likely N-dealkylation sites (N-methyl/N-ethyl adjacent to an activating group) is 1. The zero-order chi connectivity index (χ0) is 15.4. The van der Waals surface area contributed by atoms with Crippen LogP contribution in [0, 0.1) is 0 Å². The van der Waals surface area contributed by atoms with Crippen LogP contribution in [0.5, 0.6) is 0 Å². The summed E-state index contributed by atoms with van der Waals surface area (Å²) in [7, 11) is 1.83. The second kappa shape index (κ2) is 6.91. The Morgan fingerprint density at radius 2 is 2.32 bits per heavy atom. The Morgan fingerprint density at radius 1 is 1.41 bits per heavy atom. The molecule has 120 valence electrons. The molecule has 1 amide bonds. The minimum Gasteiger partial charge on any atom is -0.378 e. The van der Waals surface area contributed by atoms with E-state index >= 15 is 0 Å². The fourth-order valence-corrected chi connectivity index (χ4v) is 2.80. The number of hydrogen-bond donors (Lipinski definition) is 1. The first-order valence-electron chi connectivity index (χ1n) is 7.89. The molecule has 1 N–H and O–H groups in total. The van der Waals surface area contributed by atoms with E-state index in [9.17, 15) is 4.79 Å². The fourth-order valence-electron chi connectivity index (χ4n) is 2.80. The SMILES string of the molecule is CN1CCN(c2cc(NCCC3CCCO3)ncn2)CC1=O. The summed E-state index contributed by atoms with van der Waals surface area (Å²) < 4.78 is 5.61. The number of carbonyl (C=O) groups is 1. The molecule has 2 saturated heterocycles. The number of amides is 1. The number of aromatic nitrogens is 2. The van der Waals surface area contributed by atoms with Gasteiger partial charge in [-0.2, -0.15) is 0 Å². The van der Waals surface area contributed by atoms with Gasteiger partial charge in [-0.3, -0.25) is 4.79 Å². The van der Waals surface area contributed by atoms with E-state index in [1.807, 2.05) is 18.0 Å². The second-order valence-corrected chi connectivity index (χ2v) is 5.85. The number of ether oxygens (including phenoxy) is 1. The van der Waals surface area contributed by atoms with Gasteiger partial charge in [-0.25, -0.2) is 9.97 Å². The van der Waals surface area contributed by atoms with Gasteiger partial charge in [0.05, 0.1) is 12.6 Å². The number of nitrogens with one attached hydrogen (secondary N) is 1. The molecule has 0 radical (unpaired) electrons. The third kappa shape index (κ3) is 3.65. The summed E-state index contributed by atoms with van der Waals surface area (Å²) in [6.07, 6.45) is 5.24. The molecule has 2 fully saturated rings. The summed E-state index contributed by atoms with van der Waals surface area (Å²) in [6, 6.07) is 1.91. The highest BCUT2D eigenvalue weighted by molar-refractivity contribution is 5.82. The molecular formula is C15H23N5O2. The molecule has 3 rings (SSSR count). The van der Waals surface area contributed by atoms with Gasteiger partial charge in [0.15, 0.2) is 0 Å². The van der Waals surface area contributed by atoms with Crippen molar-refractivity contribution in [2.75, 3.05) is 50.1 Å². The van der Waals surface area contributed by atoms with Gasteiger partial charge in [0.2, 0.25) is 5.91 Å². The molecule has 1 atom stereocenters. The molecule has 7 nitrogen and oxygen atoms in total. The highest BCUT2D eigenvalue weighted by atomic mass is 16.5. The number of carbonyl (C=O) groups excluding carboxylic acids is 1. The van der Waals surface area contributed by atoms with E-state index in [4.69, 9.17) is 4.74 Å². The van der Waals surface area contributed by atoms with Crippen molar-refractivity contribution in [3.8, 4) is 0 Å². The molecule has 3 heterocycles. The molecule has 22 heavy (non-hydrogen) atoms. The monoisotopic (exact) mass is 305 g/mol. The lowest BCUT2D eigenvalue weighted by atomic mass is 10.2. The standard InChI is InChI=1S/C15H23N5O2/c1-19-6-7-20(10-15(19)21)14-9-13(17-11-18-14)16-5-4-12-3-2-8-22-12/h9,11-12H,2-8,10H2,1H3,(H,16,17,18). The molecule has 2 aliphatic rings. The summed E-state index contributed by atoms with van der Waals surface area (Å²) in [5, 5.41) is 3.32. The van der Waals surface area contributed by atoms with Crippen LogP contribution in [0.25, 0.3) is 0 Å². The Kier molecular flexibility index (Phi) is 4.72.